The number of carbonyl (C=O) groups excluding carboxylic acids is 1. The zero-order chi connectivity index (χ0) is 14.4. The number of aliphatic hydroxyl groups is 1. The number of nitrogens with zero attached hydrogens (tertiary/aromatic N) is 1. The van der Waals surface area contributed by atoms with E-state index in [9.17, 15) is 9.90 Å². The Hall–Kier alpha value is -1.59. The molecule has 5 heteroatoms. The largest absolute Gasteiger partial charge is 0.382 e. The van der Waals surface area contributed by atoms with Crippen molar-refractivity contribution in [2.75, 3.05) is 24.5 Å². The van der Waals surface area contributed by atoms with E-state index in [4.69, 9.17) is 5.73 Å². The van der Waals surface area contributed by atoms with Gasteiger partial charge in [-0.3, -0.25) is 4.79 Å². The van der Waals surface area contributed by atoms with Gasteiger partial charge in [-0.1, -0.05) is 12.1 Å². The molecule has 1 saturated heterocycles. The molecule has 110 valence electrons. The van der Waals surface area contributed by atoms with E-state index in [1.807, 2.05) is 0 Å². The molecule has 2 rings (SSSR count). The Kier molecular flexibility index (Phi) is 5.38. The van der Waals surface area contributed by atoms with Gasteiger partial charge >= 0.3 is 0 Å². The molecule has 1 amide bonds. The molecular weight excluding hydrogens is 254 g/mol. The fourth-order valence-corrected chi connectivity index (χ4v) is 2.43. The predicted octanol–water partition coefficient (Wildman–Crippen LogP) is 0.613. The lowest BCUT2D eigenvalue weighted by Gasteiger charge is -2.28. The number of benzene rings is 1. The number of rotatable bonds is 6. The molecule has 0 saturated carbocycles. The lowest BCUT2D eigenvalue weighted by atomic mass is 10.1. The summed E-state index contributed by atoms with van der Waals surface area (Å²) < 4.78 is 0. The monoisotopic (exact) mass is 277 g/mol. The average Bonchev–Trinajstić information content (AvgIpc) is 2.48. The van der Waals surface area contributed by atoms with Crippen LogP contribution in [0.25, 0.3) is 0 Å². The van der Waals surface area contributed by atoms with Crippen LogP contribution in [0.2, 0.25) is 0 Å². The number of amides is 1. The molecule has 0 aromatic heterocycles. The molecule has 1 heterocycles. The third kappa shape index (κ3) is 4.21. The Morgan fingerprint density at radius 1 is 1.25 bits per heavy atom. The van der Waals surface area contributed by atoms with E-state index in [0.717, 1.165) is 18.7 Å². The highest BCUT2D eigenvalue weighted by Gasteiger charge is 2.11. The molecule has 1 unspecified atom stereocenters. The van der Waals surface area contributed by atoms with Gasteiger partial charge in [0.2, 0.25) is 5.91 Å². The molecule has 20 heavy (non-hydrogen) atoms. The van der Waals surface area contributed by atoms with Gasteiger partial charge in [-0.15, -0.1) is 0 Å². The van der Waals surface area contributed by atoms with Crippen molar-refractivity contribution in [2.45, 2.75) is 31.9 Å². The highest BCUT2D eigenvalue weighted by Crippen LogP contribution is 2.20. The quantitative estimate of drug-likeness (QED) is 0.712. The molecule has 1 aliphatic rings. The fourth-order valence-electron chi connectivity index (χ4n) is 2.43. The number of nitrogens with two attached hydrogens (primary N) is 1. The zero-order valence-electron chi connectivity index (χ0n) is 11.7. The minimum absolute atomic E-state index is 0.184. The topological polar surface area (TPSA) is 78.6 Å². The summed E-state index contributed by atoms with van der Waals surface area (Å²) in [6.45, 7) is 3.08. The second-order valence-corrected chi connectivity index (χ2v) is 5.26. The second kappa shape index (κ2) is 7.26. The van der Waals surface area contributed by atoms with E-state index in [2.05, 4.69) is 34.5 Å². The SMILES string of the molecule is NC(=O)C(O)CNCc1ccc(N2CCCCC2)cc1. The molecule has 1 aliphatic heterocycles. The first-order valence-electron chi connectivity index (χ1n) is 7.19. The zero-order valence-corrected chi connectivity index (χ0v) is 11.7. The maximum absolute atomic E-state index is 10.7. The van der Waals surface area contributed by atoms with Crippen LogP contribution >= 0.6 is 0 Å². The van der Waals surface area contributed by atoms with E-state index in [1.165, 1.54) is 24.9 Å². The van der Waals surface area contributed by atoms with Crippen LogP contribution in [0.4, 0.5) is 5.69 Å². The molecule has 1 fully saturated rings. The van der Waals surface area contributed by atoms with Crippen LogP contribution in [-0.2, 0) is 11.3 Å². The molecule has 1 aromatic carbocycles. The highest BCUT2D eigenvalue weighted by molar-refractivity contribution is 5.78. The average molecular weight is 277 g/mol. The third-order valence-electron chi connectivity index (χ3n) is 3.65. The number of carbonyl (C=O) groups is 1. The van der Waals surface area contributed by atoms with Gasteiger partial charge < -0.3 is 21.1 Å². The lowest BCUT2D eigenvalue weighted by molar-refractivity contribution is -0.125. The number of hydrogen-bond acceptors (Lipinski definition) is 4. The minimum Gasteiger partial charge on any atom is -0.382 e. The Morgan fingerprint density at radius 2 is 1.90 bits per heavy atom. The van der Waals surface area contributed by atoms with Gasteiger partial charge in [0.25, 0.3) is 0 Å². The Labute approximate surface area is 119 Å². The number of anilines is 1. The number of nitrogens with one attached hydrogen (secondary N) is 1. The maximum Gasteiger partial charge on any atom is 0.247 e. The van der Waals surface area contributed by atoms with Gasteiger partial charge in [0.1, 0.15) is 6.10 Å². The van der Waals surface area contributed by atoms with Gasteiger partial charge in [-0.2, -0.15) is 0 Å². The first-order valence-corrected chi connectivity index (χ1v) is 7.19. The van der Waals surface area contributed by atoms with Crippen molar-refractivity contribution in [3.8, 4) is 0 Å². The molecule has 0 spiro atoms. The smallest absolute Gasteiger partial charge is 0.247 e. The highest BCUT2D eigenvalue weighted by atomic mass is 16.3. The van der Waals surface area contributed by atoms with Crippen molar-refractivity contribution in [3.05, 3.63) is 29.8 Å². The van der Waals surface area contributed by atoms with Gasteiger partial charge in [-0.25, -0.2) is 0 Å². The van der Waals surface area contributed by atoms with Gasteiger partial charge in [0.05, 0.1) is 0 Å². The van der Waals surface area contributed by atoms with Crippen molar-refractivity contribution in [2.24, 2.45) is 5.73 Å². The van der Waals surface area contributed by atoms with Crippen molar-refractivity contribution < 1.29 is 9.90 Å². The van der Waals surface area contributed by atoms with Crippen molar-refractivity contribution in [1.29, 1.82) is 0 Å². The van der Waals surface area contributed by atoms with E-state index >= 15 is 0 Å². The number of primary amides is 1. The first-order chi connectivity index (χ1) is 9.66. The van der Waals surface area contributed by atoms with Crippen molar-refractivity contribution >= 4 is 11.6 Å². The van der Waals surface area contributed by atoms with E-state index < -0.39 is 12.0 Å². The second-order valence-electron chi connectivity index (χ2n) is 5.26. The third-order valence-corrected chi connectivity index (χ3v) is 3.65. The predicted molar refractivity (Wildman–Crippen MR) is 79.4 cm³/mol. The standard InChI is InChI=1S/C15H23N3O2/c16-15(20)14(19)11-17-10-12-4-6-13(7-5-12)18-8-2-1-3-9-18/h4-7,14,17,19H,1-3,8-11H2,(H2,16,20). The summed E-state index contributed by atoms with van der Waals surface area (Å²) in [7, 11) is 0. The molecule has 4 N–H and O–H groups in total. The van der Waals surface area contributed by atoms with Crippen LogP contribution in [0.3, 0.4) is 0 Å². The van der Waals surface area contributed by atoms with Gasteiger partial charge in [0, 0.05) is 31.9 Å². The minimum atomic E-state index is -1.12. The van der Waals surface area contributed by atoms with Gasteiger partial charge in [0.15, 0.2) is 0 Å². The normalized spacial score (nSPS) is 16.9. The Bertz CT molecular complexity index is 427. The molecule has 0 aliphatic carbocycles. The van der Waals surface area contributed by atoms with Crippen LogP contribution in [-0.4, -0.2) is 36.8 Å². The van der Waals surface area contributed by atoms with Crippen molar-refractivity contribution in [3.63, 3.8) is 0 Å². The summed E-state index contributed by atoms with van der Waals surface area (Å²) in [5.41, 5.74) is 7.38. The van der Waals surface area contributed by atoms with Crippen LogP contribution in [0, 0.1) is 0 Å². The summed E-state index contributed by atoms with van der Waals surface area (Å²) in [6.07, 6.45) is 2.76. The lowest BCUT2D eigenvalue weighted by Crippen LogP contribution is -2.37. The van der Waals surface area contributed by atoms with E-state index in [1.54, 1.807) is 0 Å². The summed E-state index contributed by atoms with van der Waals surface area (Å²) in [4.78, 5) is 13.1. The molecule has 1 atom stereocenters. The maximum atomic E-state index is 10.7. The molecule has 5 nitrogen and oxygen atoms in total. The molecular formula is C15H23N3O2. The fraction of sp³-hybridized carbons (Fsp3) is 0.533. The van der Waals surface area contributed by atoms with Crippen LogP contribution < -0.4 is 16.0 Å². The van der Waals surface area contributed by atoms with Crippen LogP contribution in [0.1, 0.15) is 24.8 Å². The molecule has 0 bridgehead atoms. The first kappa shape index (κ1) is 14.8. The summed E-state index contributed by atoms with van der Waals surface area (Å²) in [5, 5.41) is 12.3. The summed E-state index contributed by atoms with van der Waals surface area (Å²) in [5.74, 6) is -0.696. The van der Waals surface area contributed by atoms with E-state index in [-0.39, 0.29) is 6.54 Å². The van der Waals surface area contributed by atoms with Crippen LogP contribution in [0.5, 0.6) is 0 Å². The Morgan fingerprint density at radius 3 is 2.50 bits per heavy atom. The Balaban J connectivity index is 1.80. The number of aliphatic hydroxyl groups excluding tert-OH is 1. The summed E-state index contributed by atoms with van der Waals surface area (Å²) in [6, 6.07) is 8.42. The van der Waals surface area contributed by atoms with Crippen molar-refractivity contribution in [1.82, 2.24) is 5.32 Å². The molecule has 0 radical (unpaired) electrons. The number of hydrogen-bond donors (Lipinski definition) is 3. The summed E-state index contributed by atoms with van der Waals surface area (Å²) >= 11 is 0. The van der Waals surface area contributed by atoms with Crippen LogP contribution in [0.15, 0.2) is 24.3 Å². The number of piperidine rings is 1. The molecule has 1 aromatic rings. The van der Waals surface area contributed by atoms with Gasteiger partial charge in [-0.05, 0) is 37.0 Å². The van der Waals surface area contributed by atoms with E-state index in [0.29, 0.717) is 6.54 Å².